The quantitative estimate of drug-likeness (QED) is 0.642. The lowest BCUT2D eigenvalue weighted by Gasteiger charge is -2.10. The average Bonchev–Trinajstić information content (AvgIpc) is 2.42. The largest absolute Gasteiger partial charge is 0.381 e. The van der Waals surface area contributed by atoms with Gasteiger partial charge in [-0.25, -0.2) is 8.78 Å². The molecule has 0 radical (unpaired) electrons. The molecular weight excluding hydrogens is 346 g/mol. The van der Waals surface area contributed by atoms with Gasteiger partial charge in [0.2, 0.25) is 0 Å². The minimum Gasteiger partial charge on any atom is -0.381 e. The molecule has 0 fully saturated rings. The predicted molar refractivity (Wildman–Crippen MR) is 79.3 cm³/mol. The van der Waals surface area contributed by atoms with Gasteiger partial charge in [-0.15, -0.1) is 0 Å². The summed E-state index contributed by atoms with van der Waals surface area (Å²) in [6.45, 7) is 0.284. The first-order valence-corrected chi connectivity index (χ1v) is 6.89. The van der Waals surface area contributed by atoms with E-state index in [1.165, 1.54) is 6.07 Å². The van der Waals surface area contributed by atoms with E-state index in [2.05, 4.69) is 21.2 Å². The summed E-state index contributed by atoms with van der Waals surface area (Å²) >= 11 is 3.07. The maximum absolute atomic E-state index is 13.6. The summed E-state index contributed by atoms with van der Waals surface area (Å²) in [5, 5.41) is 13.7. The van der Waals surface area contributed by atoms with Crippen molar-refractivity contribution in [3.63, 3.8) is 0 Å². The van der Waals surface area contributed by atoms with Crippen molar-refractivity contribution in [2.24, 2.45) is 0 Å². The molecule has 0 bridgehead atoms. The fraction of sp³-hybridized carbons (Fsp3) is 0.143. The van der Waals surface area contributed by atoms with Gasteiger partial charge in [-0.1, -0.05) is 18.2 Å². The van der Waals surface area contributed by atoms with E-state index in [0.29, 0.717) is 12.0 Å². The van der Waals surface area contributed by atoms with Crippen molar-refractivity contribution in [2.45, 2.75) is 6.42 Å². The van der Waals surface area contributed by atoms with Gasteiger partial charge in [0.1, 0.15) is 11.6 Å². The second-order valence-corrected chi connectivity index (χ2v) is 5.16. The number of nitro groups is 1. The molecule has 2 aromatic rings. The van der Waals surface area contributed by atoms with Gasteiger partial charge in [-0.2, -0.15) is 0 Å². The summed E-state index contributed by atoms with van der Waals surface area (Å²) in [6, 6.07) is 8.29. The zero-order chi connectivity index (χ0) is 15.4. The fourth-order valence-electron chi connectivity index (χ4n) is 1.93. The normalized spacial score (nSPS) is 10.4. The Bertz CT molecular complexity index is 657. The van der Waals surface area contributed by atoms with Crippen molar-refractivity contribution < 1.29 is 13.7 Å². The highest BCUT2D eigenvalue weighted by molar-refractivity contribution is 9.10. The molecule has 0 spiro atoms. The molecule has 4 nitrogen and oxygen atoms in total. The van der Waals surface area contributed by atoms with E-state index in [1.54, 1.807) is 18.2 Å². The molecule has 0 aliphatic rings. The first-order chi connectivity index (χ1) is 9.99. The monoisotopic (exact) mass is 356 g/mol. The molecule has 0 atom stereocenters. The Hall–Kier alpha value is -2.02. The molecular formula is C14H11BrF2N2O2. The van der Waals surface area contributed by atoms with Gasteiger partial charge >= 0.3 is 0 Å². The van der Waals surface area contributed by atoms with E-state index in [4.69, 9.17) is 0 Å². The van der Waals surface area contributed by atoms with Crippen LogP contribution in [0.25, 0.3) is 0 Å². The molecule has 0 saturated carbocycles. The van der Waals surface area contributed by atoms with E-state index in [-0.39, 0.29) is 22.4 Å². The minimum absolute atomic E-state index is 0.0259. The van der Waals surface area contributed by atoms with Crippen LogP contribution in [0, 0.1) is 21.7 Å². The fourth-order valence-corrected chi connectivity index (χ4v) is 2.48. The second kappa shape index (κ2) is 6.62. The lowest BCUT2D eigenvalue weighted by molar-refractivity contribution is -0.385. The van der Waals surface area contributed by atoms with Crippen LogP contribution >= 0.6 is 15.9 Å². The lowest BCUT2D eigenvalue weighted by Crippen LogP contribution is -2.08. The maximum Gasteiger partial charge on any atom is 0.272 e. The molecule has 1 N–H and O–H groups in total. The summed E-state index contributed by atoms with van der Waals surface area (Å²) in [7, 11) is 0. The van der Waals surface area contributed by atoms with Gasteiger partial charge in [0.25, 0.3) is 5.69 Å². The SMILES string of the molecule is O=[N+]([O-])c1ccccc1CCNc1c(F)cc(F)cc1Br. The van der Waals surface area contributed by atoms with E-state index < -0.39 is 16.6 Å². The molecule has 0 heterocycles. The third-order valence-electron chi connectivity index (χ3n) is 2.89. The van der Waals surface area contributed by atoms with Crippen LogP contribution in [0.5, 0.6) is 0 Å². The predicted octanol–water partition coefficient (Wildman–Crippen LogP) is 4.29. The summed E-state index contributed by atoms with van der Waals surface area (Å²) in [4.78, 5) is 10.4. The topological polar surface area (TPSA) is 55.2 Å². The van der Waals surface area contributed by atoms with Crippen molar-refractivity contribution in [2.75, 3.05) is 11.9 Å². The van der Waals surface area contributed by atoms with Gasteiger partial charge in [0.15, 0.2) is 0 Å². The average molecular weight is 357 g/mol. The number of hydrogen-bond acceptors (Lipinski definition) is 3. The van der Waals surface area contributed by atoms with Crippen LogP contribution in [0.3, 0.4) is 0 Å². The van der Waals surface area contributed by atoms with Crippen molar-refractivity contribution in [3.05, 3.63) is 68.2 Å². The molecule has 0 aliphatic carbocycles. The Kier molecular flexibility index (Phi) is 4.85. The summed E-state index contributed by atoms with van der Waals surface area (Å²) in [5.74, 6) is -1.40. The minimum atomic E-state index is -0.718. The van der Waals surface area contributed by atoms with Crippen LogP contribution in [-0.4, -0.2) is 11.5 Å². The first-order valence-electron chi connectivity index (χ1n) is 6.09. The summed E-state index contributed by atoms with van der Waals surface area (Å²) < 4.78 is 26.8. The number of benzene rings is 2. The van der Waals surface area contributed by atoms with Gasteiger partial charge in [0, 0.05) is 28.7 Å². The van der Waals surface area contributed by atoms with Gasteiger partial charge < -0.3 is 5.32 Å². The Morgan fingerprint density at radius 2 is 1.95 bits per heavy atom. The molecule has 7 heteroatoms. The molecule has 0 aliphatic heterocycles. The lowest BCUT2D eigenvalue weighted by atomic mass is 10.1. The second-order valence-electron chi connectivity index (χ2n) is 4.31. The van der Waals surface area contributed by atoms with Crippen molar-refractivity contribution >= 4 is 27.3 Å². The molecule has 0 aromatic heterocycles. The molecule has 110 valence electrons. The smallest absolute Gasteiger partial charge is 0.272 e. The third kappa shape index (κ3) is 3.75. The van der Waals surface area contributed by atoms with Crippen molar-refractivity contribution in [3.8, 4) is 0 Å². The first kappa shape index (κ1) is 15.4. The Balaban J connectivity index is 2.08. The van der Waals surface area contributed by atoms with Gasteiger partial charge in [0.05, 0.1) is 10.6 Å². The molecule has 0 unspecified atom stereocenters. The zero-order valence-corrected chi connectivity index (χ0v) is 12.4. The van der Waals surface area contributed by atoms with Crippen LogP contribution in [0.15, 0.2) is 40.9 Å². The van der Waals surface area contributed by atoms with Crippen LogP contribution in [-0.2, 0) is 6.42 Å². The van der Waals surface area contributed by atoms with Crippen molar-refractivity contribution in [1.82, 2.24) is 0 Å². The van der Waals surface area contributed by atoms with Crippen LogP contribution in [0.2, 0.25) is 0 Å². The molecule has 21 heavy (non-hydrogen) atoms. The number of nitrogens with zero attached hydrogens (tertiary/aromatic N) is 1. The van der Waals surface area contributed by atoms with E-state index in [1.807, 2.05) is 0 Å². The number of hydrogen-bond donors (Lipinski definition) is 1. The number of para-hydroxylation sites is 1. The van der Waals surface area contributed by atoms with E-state index >= 15 is 0 Å². The highest BCUT2D eigenvalue weighted by Gasteiger charge is 2.13. The van der Waals surface area contributed by atoms with Gasteiger partial charge in [-0.3, -0.25) is 10.1 Å². The Morgan fingerprint density at radius 3 is 2.62 bits per heavy atom. The van der Waals surface area contributed by atoms with Crippen LogP contribution < -0.4 is 5.32 Å². The van der Waals surface area contributed by atoms with E-state index in [0.717, 1.165) is 12.1 Å². The molecule has 2 aromatic carbocycles. The number of nitrogens with one attached hydrogen (secondary N) is 1. The summed E-state index contributed by atoms with van der Waals surface area (Å²) in [6.07, 6.45) is 0.348. The van der Waals surface area contributed by atoms with Crippen LogP contribution in [0.1, 0.15) is 5.56 Å². The van der Waals surface area contributed by atoms with Crippen LogP contribution in [0.4, 0.5) is 20.2 Å². The number of rotatable bonds is 5. The zero-order valence-electron chi connectivity index (χ0n) is 10.8. The Morgan fingerprint density at radius 1 is 1.24 bits per heavy atom. The maximum atomic E-state index is 13.6. The number of halogens is 3. The number of nitro benzene ring substituents is 1. The highest BCUT2D eigenvalue weighted by Crippen LogP contribution is 2.27. The molecule has 2 rings (SSSR count). The number of anilines is 1. The Labute approximate surface area is 128 Å². The molecule has 0 amide bonds. The standard InChI is InChI=1S/C14H11BrF2N2O2/c15-11-7-10(16)8-12(17)14(11)18-6-5-9-3-1-2-4-13(9)19(20)21/h1-4,7-8,18H,5-6H2. The highest BCUT2D eigenvalue weighted by atomic mass is 79.9. The van der Waals surface area contributed by atoms with Gasteiger partial charge in [-0.05, 0) is 28.4 Å². The molecule has 0 saturated heterocycles. The summed E-state index contributed by atoms with van der Waals surface area (Å²) in [5.41, 5.74) is 0.710. The van der Waals surface area contributed by atoms with E-state index in [9.17, 15) is 18.9 Å². The van der Waals surface area contributed by atoms with Crippen molar-refractivity contribution in [1.29, 1.82) is 0 Å². The third-order valence-corrected chi connectivity index (χ3v) is 3.52.